The number of benzene rings is 2. The van der Waals surface area contributed by atoms with Crippen LogP contribution in [-0.2, 0) is 4.74 Å². The van der Waals surface area contributed by atoms with E-state index in [1.807, 2.05) is 6.07 Å². The minimum Gasteiger partial charge on any atom is -0.465 e. The number of carbonyl (C=O) groups excluding carboxylic acids is 2. The summed E-state index contributed by atoms with van der Waals surface area (Å²) >= 11 is 0. The molecule has 2 aromatic carbocycles. The van der Waals surface area contributed by atoms with Gasteiger partial charge in [-0.25, -0.2) is 9.78 Å². The second-order valence-electron chi connectivity index (χ2n) is 4.60. The fourth-order valence-corrected chi connectivity index (χ4v) is 2.22. The zero-order chi connectivity index (χ0) is 15.5. The molecular weight excluding hydrogens is 282 g/mol. The monoisotopic (exact) mass is 295 g/mol. The minimum atomic E-state index is -0.506. The van der Waals surface area contributed by atoms with E-state index in [0.717, 1.165) is 5.52 Å². The number of rotatable bonds is 3. The van der Waals surface area contributed by atoms with Crippen LogP contribution in [0.4, 0.5) is 5.69 Å². The SMILES string of the molecule is COC(=O)c1ccccc1NC(=O)c1cccc2[nH]cnc12. The maximum absolute atomic E-state index is 12.5. The molecule has 0 unspecified atom stereocenters. The zero-order valence-corrected chi connectivity index (χ0v) is 11.8. The summed E-state index contributed by atoms with van der Waals surface area (Å²) in [5, 5.41) is 2.73. The van der Waals surface area contributed by atoms with Crippen LogP contribution in [0, 0.1) is 0 Å². The van der Waals surface area contributed by atoms with E-state index in [9.17, 15) is 9.59 Å². The van der Waals surface area contributed by atoms with Crippen molar-refractivity contribution in [1.82, 2.24) is 9.97 Å². The van der Waals surface area contributed by atoms with Gasteiger partial charge in [-0.3, -0.25) is 4.79 Å². The average Bonchev–Trinajstić information content (AvgIpc) is 3.03. The van der Waals surface area contributed by atoms with Crippen LogP contribution in [0.25, 0.3) is 11.0 Å². The molecule has 6 nitrogen and oxygen atoms in total. The first kappa shape index (κ1) is 13.8. The largest absolute Gasteiger partial charge is 0.465 e. The van der Waals surface area contributed by atoms with E-state index in [1.54, 1.807) is 36.4 Å². The number of amides is 1. The van der Waals surface area contributed by atoms with Crippen LogP contribution >= 0.6 is 0 Å². The van der Waals surface area contributed by atoms with Crippen molar-refractivity contribution in [1.29, 1.82) is 0 Å². The molecule has 3 rings (SSSR count). The topological polar surface area (TPSA) is 84.1 Å². The molecule has 22 heavy (non-hydrogen) atoms. The third-order valence-electron chi connectivity index (χ3n) is 3.27. The van der Waals surface area contributed by atoms with E-state index >= 15 is 0 Å². The number of hydrogen-bond donors (Lipinski definition) is 2. The van der Waals surface area contributed by atoms with Gasteiger partial charge in [-0.2, -0.15) is 0 Å². The summed E-state index contributed by atoms with van der Waals surface area (Å²) in [6.45, 7) is 0. The number of esters is 1. The summed E-state index contributed by atoms with van der Waals surface area (Å²) in [7, 11) is 1.30. The van der Waals surface area contributed by atoms with Crippen molar-refractivity contribution in [3.63, 3.8) is 0 Å². The van der Waals surface area contributed by atoms with E-state index in [4.69, 9.17) is 4.74 Å². The van der Waals surface area contributed by atoms with Crippen LogP contribution in [0.5, 0.6) is 0 Å². The van der Waals surface area contributed by atoms with Gasteiger partial charge in [0.2, 0.25) is 0 Å². The Balaban J connectivity index is 1.95. The Labute approximate surface area is 126 Å². The molecule has 0 atom stereocenters. The number of aromatic nitrogens is 2. The number of hydrogen-bond acceptors (Lipinski definition) is 4. The predicted octanol–water partition coefficient (Wildman–Crippen LogP) is 2.60. The third-order valence-corrected chi connectivity index (χ3v) is 3.27. The van der Waals surface area contributed by atoms with Gasteiger partial charge >= 0.3 is 5.97 Å². The first-order valence-corrected chi connectivity index (χ1v) is 6.61. The Morgan fingerprint density at radius 1 is 1.09 bits per heavy atom. The number of methoxy groups -OCH3 is 1. The van der Waals surface area contributed by atoms with Gasteiger partial charge < -0.3 is 15.0 Å². The summed E-state index contributed by atoms with van der Waals surface area (Å²) in [4.78, 5) is 31.3. The van der Waals surface area contributed by atoms with Crippen LogP contribution < -0.4 is 5.32 Å². The van der Waals surface area contributed by atoms with Crippen molar-refractivity contribution in [2.75, 3.05) is 12.4 Å². The number of ether oxygens (including phenoxy) is 1. The summed E-state index contributed by atoms with van der Waals surface area (Å²) < 4.78 is 4.71. The van der Waals surface area contributed by atoms with Gasteiger partial charge in [0.1, 0.15) is 5.52 Å². The Morgan fingerprint density at radius 3 is 2.68 bits per heavy atom. The molecule has 0 bridgehead atoms. The lowest BCUT2D eigenvalue weighted by Crippen LogP contribution is -2.15. The molecular formula is C16H13N3O3. The van der Waals surface area contributed by atoms with Crippen LogP contribution in [0.1, 0.15) is 20.7 Å². The molecule has 0 spiro atoms. The predicted molar refractivity (Wildman–Crippen MR) is 81.8 cm³/mol. The number of nitrogens with zero attached hydrogens (tertiary/aromatic N) is 1. The van der Waals surface area contributed by atoms with E-state index < -0.39 is 5.97 Å². The third kappa shape index (κ3) is 2.42. The van der Waals surface area contributed by atoms with Gasteiger partial charge in [-0.05, 0) is 24.3 Å². The number of nitrogens with one attached hydrogen (secondary N) is 2. The van der Waals surface area contributed by atoms with E-state index in [1.165, 1.54) is 13.4 Å². The minimum absolute atomic E-state index is 0.299. The van der Waals surface area contributed by atoms with E-state index in [0.29, 0.717) is 22.3 Å². The van der Waals surface area contributed by atoms with E-state index in [2.05, 4.69) is 15.3 Å². The average molecular weight is 295 g/mol. The molecule has 2 N–H and O–H groups in total. The number of H-pyrrole nitrogens is 1. The van der Waals surface area contributed by atoms with Gasteiger partial charge in [-0.1, -0.05) is 18.2 Å². The lowest BCUT2D eigenvalue weighted by Gasteiger charge is -2.09. The fraction of sp³-hybridized carbons (Fsp3) is 0.0625. The standard InChI is InChI=1S/C16H13N3O3/c1-22-16(21)10-5-2-3-7-12(10)19-15(20)11-6-4-8-13-14(11)18-9-17-13/h2-9H,1H3,(H,17,18)(H,19,20). The van der Waals surface area contributed by atoms with Crippen molar-refractivity contribution in [3.8, 4) is 0 Å². The number of fused-ring (bicyclic) bond motifs is 1. The number of aromatic amines is 1. The molecule has 0 aliphatic carbocycles. The number of anilines is 1. The molecule has 0 saturated carbocycles. The number of para-hydroxylation sites is 2. The molecule has 0 fully saturated rings. The molecule has 0 radical (unpaired) electrons. The second-order valence-corrected chi connectivity index (χ2v) is 4.60. The van der Waals surface area contributed by atoms with Crippen LogP contribution in [0.15, 0.2) is 48.8 Å². The second kappa shape index (κ2) is 5.69. The number of carbonyl (C=O) groups is 2. The van der Waals surface area contributed by atoms with Gasteiger partial charge in [0.25, 0.3) is 5.91 Å². The molecule has 0 aliphatic rings. The van der Waals surface area contributed by atoms with Crippen molar-refractivity contribution >= 4 is 28.6 Å². The summed E-state index contributed by atoms with van der Waals surface area (Å²) in [6.07, 6.45) is 1.53. The Hall–Kier alpha value is -3.15. The smallest absolute Gasteiger partial charge is 0.339 e. The van der Waals surface area contributed by atoms with Crippen LogP contribution in [0.2, 0.25) is 0 Å². The van der Waals surface area contributed by atoms with Gasteiger partial charge in [0, 0.05) is 0 Å². The maximum Gasteiger partial charge on any atom is 0.339 e. The van der Waals surface area contributed by atoms with Gasteiger partial charge in [0.05, 0.1) is 35.8 Å². The van der Waals surface area contributed by atoms with Crippen molar-refractivity contribution in [2.45, 2.75) is 0 Å². The highest BCUT2D eigenvalue weighted by molar-refractivity contribution is 6.13. The summed E-state index contributed by atoms with van der Waals surface area (Å²) in [5.74, 6) is -0.845. The van der Waals surface area contributed by atoms with Gasteiger partial charge in [-0.15, -0.1) is 0 Å². The maximum atomic E-state index is 12.5. The molecule has 3 aromatic rings. The zero-order valence-electron chi connectivity index (χ0n) is 11.8. The highest BCUT2D eigenvalue weighted by Crippen LogP contribution is 2.20. The van der Waals surface area contributed by atoms with Crippen LogP contribution in [0.3, 0.4) is 0 Å². The fourth-order valence-electron chi connectivity index (χ4n) is 2.22. The molecule has 6 heteroatoms. The Kier molecular flexibility index (Phi) is 3.57. The first-order valence-electron chi connectivity index (χ1n) is 6.61. The highest BCUT2D eigenvalue weighted by Gasteiger charge is 2.16. The van der Waals surface area contributed by atoms with Crippen molar-refractivity contribution < 1.29 is 14.3 Å². The first-order chi connectivity index (χ1) is 10.7. The molecule has 1 amide bonds. The molecule has 0 saturated heterocycles. The van der Waals surface area contributed by atoms with Crippen LogP contribution in [-0.4, -0.2) is 29.0 Å². The molecule has 0 aliphatic heterocycles. The van der Waals surface area contributed by atoms with E-state index in [-0.39, 0.29) is 5.91 Å². The number of imidazole rings is 1. The molecule has 1 aromatic heterocycles. The highest BCUT2D eigenvalue weighted by atomic mass is 16.5. The van der Waals surface area contributed by atoms with Crippen molar-refractivity contribution in [3.05, 3.63) is 59.9 Å². The Morgan fingerprint density at radius 2 is 1.86 bits per heavy atom. The normalized spacial score (nSPS) is 10.4. The molecule has 1 heterocycles. The van der Waals surface area contributed by atoms with Crippen molar-refractivity contribution in [2.24, 2.45) is 0 Å². The molecule has 110 valence electrons. The summed E-state index contributed by atoms with van der Waals surface area (Å²) in [6, 6.07) is 12.0. The quantitative estimate of drug-likeness (QED) is 0.727. The Bertz CT molecular complexity index is 854. The van der Waals surface area contributed by atoms with Gasteiger partial charge in [0.15, 0.2) is 0 Å². The summed E-state index contributed by atoms with van der Waals surface area (Å²) in [5.41, 5.74) is 2.47. The lowest BCUT2D eigenvalue weighted by molar-refractivity contribution is 0.0602. The lowest BCUT2D eigenvalue weighted by atomic mass is 10.1.